The fourth-order valence-corrected chi connectivity index (χ4v) is 8.36. The van der Waals surface area contributed by atoms with Gasteiger partial charge in [-0.25, -0.2) is 0 Å². The van der Waals surface area contributed by atoms with E-state index in [1.807, 2.05) is 18.2 Å². The van der Waals surface area contributed by atoms with Crippen molar-refractivity contribution in [1.29, 1.82) is 0 Å². The molecule has 0 spiro atoms. The van der Waals surface area contributed by atoms with E-state index >= 15 is 0 Å². The van der Waals surface area contributed by atoms with Gasteiger partial charge in [-0.2, -0.15) is 0 Å². The molecule has 0 unspecified atom stereocenters. The largest absolute Gasteiger partial charge is 0.310 e. The quantitative estimate of drug-likeness (QED) is 0.170. The van der Waals surface area contributed by atoms with Crippen LogP contribution in [0.3, 0.4) is 0 Å². The normalized spacial score (nSPS) is 13.9. The zero-order chi connectivity index (χ0) is 35.9. The van der Waals surface area contributed by atoms with Crippen LogP contribution in [0.2, 0.25) is 0 Å². The predicted octanol–water partition coefficient (Wildman–Crippen LogP) is 13.5. The van der Waals surface area contributed by atoms with E-state index in [0.29, 0.717) is 0 Å². The van der Waals surface area contributed by atoms with Crippen molar-refractivity contribution in [2.45, 2.75) is 58.3 Å². The maximum atomic E-state index is 2.52. The van der Waals surface area contributed by atoms with Crippen LogP contribution in [0.25, 0.3) is 22.3 Å². The highest BCUT2D eigenvalue weighted by Crippen LogP contribution is 2.57. The van der Waals surface area contributed by atoms with E-state index in [2.05, 4.69) is 191 Å². The Morgan fingerprint density at radius 2 is 0.788 bits per heavy atom. The molecule has 2 aliphatic carbocycles. The molecule has 0 aliphatic heterocycles. The highest BCUT2D eigenvalue weighted by molar-refractivity contribution is 5.91. The van der Waals surface area contributed by atoms with Gasteiger partial charge in [0.15, 0.2) is 0 Å². The van der Waals surface area contributed by atoms with Crippen molar-refractivity contribution in [2.75, 3.05) is 4.90 Å². The molecule has 0 N–H and O–H groups in total. The standard InChI is InChI=1S/C44H39N.C7H8/c1-43(2)39-26-31(21-20-30-14-8-5-9-15-30)22-24-35(39)37-28-42-38(29-41(37)43)36-25-23-34(27-40(36)44(42,3)4)45(32-16-10-6-11-17-32)33-18-12-7-13-19-33;1-7-5-3-2-4-6-7/h5-19,22-29H,20-21H2,1-4H3;2-6H,1H3. The summed E-state index contributed by atoms with van der Waals surface area (Å²) in [6.45, 7) is 11.7. The van der Waals surface area contributed by atoms with Gasteiger partial charge in [0.2, 0.25) is 0 Å². The molecule has 7 aromatic rings. The Hall–Kier alpha value is -5.66. The Kier molecular flexibility index (Phi) is 8.68. The molecule has 9 rings (SSSR count). The van der Waals surface area contributed by atoms with Crippen LogP contribution in [-0.2, 0) is 23.7 Å². The minimum Gasteiger partial charge on any atom is -0.310 e. The Labute approximate surface area is 310 Å². The first-order chi connectivity index (χ1) is 25.2. The molecule has 52 heavy (non-hydrogen) atoms. The summed E-state index contributed by atoms with van der Waals surface area (Å²) in [5.41, 5.74) is 18.8. The van der Waals surface area contributed by atoms with E-state index in [0.717, 1.165) is 24.2 Å². The van der Waals surface area contributed by atoms with E-state index in [4.69, 9.17) is 0 Å². The molecular weight excluding hydrogens is 627 g/mol. The van der Waals surface area contributed by atoms with Crippen molar-refractivity contribution in [3.8, 4) is 22.3 Å². The zero-order valence-corrected chi connectivity index (χ0v) is 31.0. The van der Waals surface area contributed by atoms with Gasteiger partial charge < -0.3 is 4.90 Å². The summed E-state index contributed by atoms with van der Waals surface area (Å²) in [7, 11) is 0. The zero-order valence-electron chi connectivity index (χ0n) is 31.0. The van der Waals surface area contributed by atoms with Gasteiger partial charge in [0.25, 0.3) is 0 Å². The molecule has 1 nitrogen and oxygen atoms in total. The number of fused-ring (bicyclic) bond motifs is 6. The van der Waals surface area contributed by atoms with Crippen molar-refractivity contribution in [2.24, 2.45) is 0 Å². The predicted molar refractivity (Wildman–Crippen MR) is 221 cm³/mol. The molecule has 0 saturated heterocycles. The molecule has 0 bridgehead atoms. The maximum Gasteiger partial charge on any atom is 0.0465 e. The molecule has 0 saturated carbocycles. The van der Waals surface area contributed by atoms with Crippen molar-refractivity contribution in [3.05, 3.63) is 209 Å². The van der Waals surface area contributed by atoms with Crippen LogP contribution >= 0.6 is 0 Å². The number of rotatable bonds is 6. The summed E-state index contributed by atoms with van der Waals surface area (Å²) in [5, 5.41) is 0. The Balaban J connectivity index is 0.000000497. The molecule has 2 aliphatic rings. The number of para-hydroxylation sites is 2. The SMILES string of the molecule is CC1(C)c2cc(CCc3ccccc3)ccc2-c2cc3c(cc21)-c1ccc(N(c2ccccc2)c2ccccc2)cc1C3(C)C.Cc1ccccc1. The van der Waals surface area contributed by atoms with Gasteiger partial charge in [0.05, 0.1) is 0 Å². The van der Waals surface area contributed by atoms with Crippen LogP contribution in [0.4, 0.5) is 17.1 Å². The van der Waals surface area contributed by atoms with Gasteiger partial charge in [-0.15, -0.1) is 0 Å². The molecular formula is C51H47N. The highest BCUT2D eigenvalue weighted by atomic mass is 15.1. The molecule has 0 amide bonds. The number of benzene rings is 7. The van der Waals surface area contributed by atoms with E-state index in [1.165, 1.54) is 66.9 Å². The highest BCUT2D eigenvalue weighted by Gasteiger charge is 2.42. The van der Waals surface area contributed by atoms with Crippen molar-refractivity contribution >= 4 is 17.1 Å². The molecule has 0 fully saturated rings. The molecule has 0 radical (unpaired) electrons. The minimum atomic E-state index is -0.114. The number of hydrogen-bond donors (Lipinski definition) is 0. The van der Waals surface area contributed by atoms with Crippen LogP contribution in [0.1, 0.15) is 66.6 Å². The first-order valence-electron chi connectivity index (χ1n) is 18.7. The third-order valence-electron chi connectivity index (χ3n) is 11.3. The summed E-state index contributed by atoms with van der Waals surface area (Å²) in [6, 6.07) is 61.9. The second-order valence-corrected chi connectivity index (χ2v) is 15.5. The molecule has 0 aromatic heterocycles. The topological polar surface area (TPSA) is 3.24 Å². The number of aryl methyl sites for hydroxylation is 3. The summed E-state index contributed by atoms with van der Waals surface area (Å²) in [4.78, 5) is 2.37. The molecule has 0 atom stereocenters. The van der Waals surface area contributed by atoms with Crippen molar-refractivity contribution in [1.82, 2.24) is 0 Å². The van der Waals surface area contributed by atoms with Crippen molar-refractivity contribution in [3.63, 3.8) is 0 Å². The first kappa shape index (κ1) is 33.5. The fraction of sp³-hybridized carbons (Fsp3) is 0.176. The van der Waals surface area contributed by atoms with Crippen LogP contribution in [0.15, 0.2) is 170 Å². The summed E-state index contributed by atoms with van der Waals surface area (Å²) < 4.78 is 0. The van der Waals surface area contributed by atoms with E-state index in [1.54, 1.807) is 0 Å². The van der Waals surface area contributed by atoms with E-state index < -0.39 is 0 Å². The Bertz CT molecular complexity index is 2300. The van der Waals surface area contributed by atoms with Crippen molar-refractivity contribution < 1.29 is 0 Å². The lowest BCUT2D eigenvalue weighted by molar-refractivity contribution is 0.651. The van der Waals surface area contributed by atoms with Crippen LogP contribution in [-0.4, -0.2) is 0 Å². The summed E-state index contributed by atoms with van der Waals surface area (Å²) in [5.74, 6) is 0. The van der Waals surface area contributed by atoms with Gasteiger partial charge in [0, 0.05) is 27.9 Å². The second-order valence-electron chi connectivity index (χ2n) is 15.5. The van der Waals surface area contributed by atoms with Crippen LogP contribution < -0.4 is 4.90 Å². The second kappa shape index (κ2) is 13.5. The number of nitrogens with zero attached hydrogens (tertiary/aromatic N) is 1. The number of anilines is 3. The van der Waals surface area contributed by atoms with Crippen LogP contribution in [0, 0.1) is 6.92 Å². The van der Waals surface area contributed by atoms with Gasteiger partial charge in [-0.05, 0) is 124 Å². The monoisotopic (exact) mass is 673 g/mol. The summed E-state index contributed by atoms with van der Waals surface area (Å²) >= 11 is 0. The lowest BCUT2D eigenvalue weighted by Crippen LogP contribution is -2.17. The van der Waals surface area contributed by atoms with Crippen LogP contribution in [0.5, 0.6) is 0 Å². The smallest absolute Gasteiger partial charge is 0.0465 e. The average molecular weight is 674 g/mol. The van der Waals surface area contributed by atoms with Gasteiger partial charge in [-0.1, -0.05) is 155 Å². The van der Waals surface area contributed by atoms with E-state index in [-0.39, 0.29) is 10.8 Å². The Morgan fingerprint density at radius 1 is 0.365 bits per heavy atom. The average Bonchev–Trinajstić information content (AvgIpc) is 3.53. The molecule has 7 aromatic carbocycles. The lowest BCUT2D eigenvalue weighted by atomic mass is 9.79. The maximum absolute atomic E-state index is 2.52. The molecule has 256 valence electrons. The van der Waals surface area contributed by atoms with Gasteiger partial charge in [-0.3, -0.25) is 0 Å². The number of hydrogen-bond acceptors (Lipinski definition) is 1. The molecule has 1 heteroatoms. The Morgan fingerprint density at radius 3 is 1.29 bits per heavy atom. The van der Waals surface area contributed by atoms with E-state index in [9.17, 15) is 0 Å². The molecule has 0 heterocycles. The third-order valence-corrected chi connectivity index (χ3v) is 11.3. The summed E-state index contributed by atoms with van der Waals surface area (Å²) in [6.07, 6.45) is 2.13. The van der Waals surface area contributed by atoms with Gasteiger partial charge in [0.1, 0.15) is 0 Å². The minimum absolute atomic E-state index is 0.0489. The lowest BCUT2D eigenvalue weighted by Gasteiger charge is -2.28. The first-order valence-corrected chi connectivity index (χ1v) is 18.7. The third kappa shape index (κ3) is 6.05. The fourth-order valence-electron chi connectivity index (χ4n) is 8.36. The van der Waals surface area contributed by atoms with Gasteiger partial charge >= 0.3 is 0 Å².